The van der Waals surface area contributed by atoms with Crippen LogP contribution in [0.5, 0.6) is 5.75 Å². The topological polar surface area (TPSA) is 39.2 Å². The van der Waals surface area contributed by atoms with E-state index in [-0.39, 0.29) is 11.7 Å². The molecule has 2 rings (SSSR count). The second-order valence-corrected chi connectivity index (χ2v) is 4.99. The smallest absolute Gasteiger partial charge is 0.167 e. The summed E-state index contributed by atoms with van der Waals surface area (Å²) in [4.78, 5) is 16.5. The summed E-state index contributed by atoms with van der Waals surface area (Å²) in [6, 6.07) is 1.82. The van der Waals surface area contributed by atoms with Crippen molar-refractivity contribution in [2.75, 3.05) is 6.61 Å². The normalized spacial score (nSPS) is 23.0. The van der Waals surface area contributed by atoms with Crippen LogP contribution in [0.1, 0.15) is 49.9 Å². The molecule has 3 nitrogen and oxygen atoms in total. The van der Waals surface area contributed by atoms with Crippen molar-refractivity contribution < 1.29 is 9.53 Å². The van der Waals surface area contributed by atoms with E-state index in [4.69, 9.17) is 4.74 Å². The number of nitrogens with zero attached hydrogens (tertiary/aromatic N) is 1. The van der Waals surface area contributed by atoms with E-state index in [1.165, 1.54) is 12.8 Å². The first kappa shape index (κ1) is 13.1. The third-order valence-corrected chi connectivity index (χ3v) is 3.80. The zero-order valence-corrected chi connectivity index (χ0v) is 11.2. The van der Waals surface area contributed by atoms with Crippen molar-refractivity contribution in [1.82, 2.24) is 4.98 Å². The van der Waals surface area contributed by atoms with E-state index < -0.39 is 0 Å². The van der Waals surface area contributed by atoms with E-state index in [9.17, 15) is 4.79 Å². The lowest BCUT2D eigenvalue weighted by Crippen LogP contribution is -2.12. The predicted molar refractivity (Wildman–Crippen MR) is 70.9 cm³/mol. The Labute approximate surface area is 109 Å². The first-order valence-corrected chi connectivity index (χ1v) is 6.86. The highest BCUT2D eigenvalue weighted by Gasteiger charge is 2.29. The van der Waals surface area contributed by atoms with E-state index in [2.05, 4.69) is 11.9 Å². The number of hydrogen-bond donors (Lipinski definition) is 0. The molecule has 0 saturated heterocycles. The maximum atomic E-state index is 12.4. The maximum absolute atomic E-state index is 12.4. The SMILES string of the molecule is CCOc1cncc(C(=O)C2CCC(CC)C2)c1. The molecule has 1 saturated carbocycles. The molecule has 0 radical (unpaired) electrons. The fraction of sp³-hybridized carbons (Fsp3) is 0.600. The summed E-state index contributed by atoms with van der Waals surface area (Å²) < 4.78 is 5.39. The van der Waals surface area contributed by atoms with Crippen molar-refractivity contribution in [3.63, 3.8) is 0 Å². The van der Waals surface area contributed by atoms with Crippen molar-refractivity contribution in [1.29, 1.82) is 0 Å². The molecule has 0 amide bonds. The monoisotopic (exact) mass is 247 g/mol. The first-order valence-electron chi connectivity index (χ1n) is 6.86. The van der Waals surface area contributed by atoms with Crippen LogP contribution in [0.15, 0.2) is 18.5 Å². The fourth-order valence-corrected chi connectivity index (χ4v) is 2.72. The van der Waals surface area contributed by atoms with Gasteiger partial charge in [0.25, 0.3) is 0 Å². The minimum atomic E-state index is 0.189. The summed E-state index contributed by atoms with van der Waals surface area (Å²) in [5, 5.41) is 0. The van der Waals surface area contributed by atoms with Crippen LogP contribution < -0.4 is 4.74 Å². The number of ether oxygens (including phenoxy) is 1. The van der Waals surface area contributed by atoms with Gasteiger partial charge < -0.3 is 4.74 Å². The number of carbonyl (C=O) groups is 1. The summed E-state index contributed by atoms with van der Waals surface area (Å²) in [6.07, 6.45) is 7.74. The Hall–Kier alpha value is -1.38. The molecule has 0 aromatic carbocycles. The van der Waals surface area contributed by atoms with Gasteiger partial charge in [0, 0.05) is 17.7 Å². The van der Waals surface area contributed by atoms with E-state index >= 15 is 0 Å². The number of hydrogen-bond acceptors (Lipinski definition) is 3. The molecule has 18 heavy (non-hydrogen) atoms. The van der Waals surface area contributed by atoms with Crippen molar-refractivity contribution in [2.45, 2.75) is 39.5 Å². The van der Waals surface area contributed by atoms with Crippen LogP contribution in [-0.4, -0.2) is 17.4 Å². The summed E-state index contributed by atoms with van der Waals surface area (Å²) in [6.45, 7) is 4.73. The molecule has 2 unspecified atom stereocenters. The number of rotatable bonds is 5. The van der Waals surface area contributed by atoms with Gasteiger partial charge in [0.05, 0.1) is 12.8 Å². The molecule has 0 spiro atoms. The second-order valence-electron chi connectivity index (χ2n) is 4.99. The molecule has 2 atom stereocenters. The third-order valence-electron chi connectivity index (χ3n) is 3.80. The maximum Gasteiger partial charge on any atom is 0.167 e. The van der Waals surface area contributed by atoms with Crippen LogP contribution in [-0.2, 0) is 0 Å². The Morgan fingerprint density at radius 2 is 2.22 bits per heavy atom. The van der Waals surface area contributed by atoms with Crippen LogP contribution in [0.4, 0.5) is 0 Å². The molecule has 0 aliphatic heterocycles. The average molecular weight is 247 g/mol. The van der Waals surface area contributed by atoms with Gasteiger partial charge in [0.2, 0.25) is 0 Å². The van der Waals surface area contributed by atoms with Crippen LogP contribution in [0.3, 0.4) is 0 Å². The standard InChI is InChI=1S/C15H21NO2/c1-3-11-5-6-12(7-11)15(17)13-8-14(18-4-2)10-16-9-13/h8-12H,3-7H2,1-2H3. The van der Waals surface area contributed by atoms with Gasteiger partial charge in [-0.25, -0.2) is 0 Å². The molecule has 1 aromatic rings. The van der Waals surface area contributed by atoms with E-state index in [0.29, 0.717) is 17.9 Å². The van der Waals surface area contributed by atoms with Crippen molar-refractivity contribution >= 4 is 5.78 Å². The van der Waals surface area contributed by atoms with Gasteiger partial charge in [-0.15, -0.1) is 0 Å². The van der Waals surface area contributed by atoms with E-state index in [1.807, 2.05) is 13.0 Å². The average Bonchev–Trinajstić information content (AvgIpc) is 2.87. The molecule has 1 aromatic heterocycles. The summed E-state index contributed by atoms with van der Waals surface area (Å²) in [5.41, 5.74) is 0.697. The molecule has 1 heterocycles. The Kier molecular flexibility index (Phi) is 4.34. The number of aromatic nitrogens is 1. The molecule has 1 aliphatic rings. The first-order chi connectivity index (χ1) is 8.74. The number of Topliss-reactive ketones (excluding diaryl/α,β-unsaturated/α-hetero) is 1. The Bertz CT molecular complexity index is 417. The van der Waals surface area contributed by atoms with Gasteiger partial charge in [0.1, 0.15) is 5.75 Å². The van der Waals surface area contributed by atoms with Crippen LogP contribution in [0.25, 0.3) is 0 Å². The largest absolute Gasteiger partial charge is 0.492 e. The molecule has 1 aliphatic carbocycles. The van der Waals surface area contributed by atoms with Gasteiger partial charge in [-0.3, -0.25) is 9.78 Å². The van der Waals surface area contributed by atoms with Crippen LogP contribution >= 0.6 is 0 Å². The Morgan fingerprint density at radius 3 is 2.89 bits per heavy atom. The highest BCUT2D eigenvalue weighted by molar-refractivity contribution is 5.98. The number of pyridine rings is 1. The molecule has 0 bridgehead atoms. The van der Waals surface area contributed by atoms with Crippen LogP contribution in [0, 0.1) is 11.8 Å². The summed E-state index contributed by atoms with van der Waals surface area (Å²) in [7, 11) is 0. The minimum Gasteiger partial charge on any atom is -0.492 e. The quantitative estimate of drug-likeness (QED) is 0.748. The molecule has 3 heteroatoms. The molecule has 98 valence electrons. The molecule has 1 fully saturated rings. The second kappa shape index (κ2) is 5.98. The van der Waals surface area contributed by atoms with Crippen LogP contribution in [0.2, 0.25) is 0 Å². The van der Waals surface area contributed by atoms with Gasteiger partial charge in [-0.1, -0.05) is 13.3 Å². The van der Waals surface area contributed by atoms with E-state index in [1.54, 1.807) is 12.4 Å². The summed E-state index contributed by atoms with van der Waals surface area (Å²) >= 11 is 0. The van der Waals surface area contributed by atoms with Crippen molar-refractivity contribution in [3.8, 4) is 5.75 Å². The van der Waals surface area contributed by atoms with E-state index in [0.717, 1.165) is 18.8 Å². The molecular formula is C15H21NO2. The van der Waals surface area contributed by atoms with Crippen molar-refractivity contribution in [3.05, 3.63) is 24.0 Å². The number of carbonyl (C=O) groups excluding carboxylic acids is 1. The Balaban J connectivity index is 2.07. The lowest BCUT2D eigenvalue weighted by atomic mass is 9.95. The van der Waals surface area contributed by atoms with Gasteiger partial charge in [-0.2, -0.15) is 0 Å². The minimum absolute atomic E-state index is 0.189. The molecule has 0 N–H and O–H groups in total. The zero-order valence-electron chi connectivity index (χ0n) is 11.2. The highest BCUT2D eigenvalue weighted by atomic mass is 16.5. The lowest BCUT2D eigenvalue weighted by molar-refractivity contribution is 0.0919. The zero-order chi connectivity index (χ0) is 13.0. The van der Waals surface area contributed by atoms with Gasteiger partial charge >= 0.3 is 0 Å². The lowest BCUT2D eigenvalue weighted by Gasteiger charge is -2.10. The van der Waals surface area contributed by atoms with Crippen molar-refractivity contribution in [2.24, 2.45) is 11.8 Å². The highest BCUT2D eigenvalue weighted by Crippen LogP contribution is 2.35. The molecular weight excluding hydrogens is 226 g/mol. The predicted octanol–water partition coefficient (Wildman–Crippen LogP) is 3.49. The van der Waals surface area contributed by atoms with Gasteiger partial charge in [-0.05, 0) is 38.2 Å². The number of ketones is 1. The summed E-state index contributed by atoms with van der Waals surface area (Å²) in [5.74, 6) is 1.84. The fourth-order valence-electron chi connectivity index (χ4n) is 2.72. The third kappa shape index (κ3) is 2.89. The Morgan fingerprint density at radius 1 is 1.39 bits per heavy atom. The van der Waals surface area contributed by atoms with Gasteiger partial charge in [0.15, 0.2) is 5.78 Å².